The third-order valence-electron chi connectivity index (χ3n) is 4.79. The Hall–Kier alpha value is -2.12. The van der Waals surface area contributed by atoms with Crippen LogP contribution in [0.5, 0.6) is 0 Å². The van der Waals surface area contributed by atoms with Gasteiger partial charge in [0.1, 0.15) is 0 Å². The monoisotopic (exact) mass is 375 g/mol. The molecule has 1 amide bonds. The molecule has 2 unspecified atom stereocenters. The van der Waals surface area contributed by atoms with E-state index in [0.29, 0.717) is 13.2 Å². The number of likely N-dealkylation sites (tertiary alicyclic amines) is 1. The van der Waals surface area contributed by atoms with Crippen LogP contribution < -0.4 is 16.4 Å². The van der Waals surface area contributed by atoms with Crippen LogP contribution in [0.2, 0.25) is 0 Å². The molecule has 1 aliphatic heterocycles. The summed E-state index contributed by atoms with van der Waals surface area (Å²) >= 11 is 0. The largest absolute Gasteiger partial charge is 0.383 e. The van der Waals surface area contributed by atoms with Gasteiger partial charge in [-0.1, -0.05) is 24.3 Å². The molecule has 0 aromatic heterocycles. The average Bonchev–Trinajstić information content (AvgIpc) is 2.66. The quantitative estimate of drug-likeness (QED) is 0.467. The number of primary amides is 1. The molecular weight excluding hydrogens is 342 g/mol. The summed E-state index contributed by atoms with van der Waals surface area (Å²) in [4.78, 5) is 18.0. The van der Waals surface area contributed by atoms with Gasteiger partial charge in [-0.2, -0.15) is 0 Å². The highest BCUT2D eigenvalue weighted by Gasteiger charge is 2.23. The molecule has 7 heteroatoms. The van der Waals surface area contributed by atoms with Crippen molar-refractivity contribution in [1.29, 1.82) is 0 Å². The first-order valence-electron chi connectivity index (χ1n) is 9.57. The zero-order valence-electron chi connectivity index (χ0n) is 16.7. The standard InChI is InChI=1S/C20H33N5O2/c1-15(14-27-3)24-20(22-2)23-11-16-6-4-7-17(10-16)12-25-9-5-8-18(13-25)19(21)26/h4,6-7,10,15,18H,5,8-9,11-14H2,1-3H3,(H2,21,26)(H2,22,23,24). The van der Waals surface area contributed by atoms with Crippen molar-refractivity contribution in [3.8, 4) is 0 Å². The Morgan fingerprint density at radius 2 is 2.22 bits per heavy atom. The minimum Gasteiger partial charge on any atom is -0.383 e. The molecule has 1 saturated heterocycles. The zero-order chi connectivity index (χ0) is 19.6. The molecule has 1 heterocycles. The Bertz CT molecular complexity index is 635. The molecule has 4 N–H and O–H groups in total. The summed E-state index contributed by atoms with van der Waals surface area (Å²) in [6.07, 6.45) is 1.93. The van der Waals surface area contributed by atoms with Crippen molar-refractivity contribution < 1.29 is 9.53 Å². The Labute approximate surface area is 162 Å². The van der Waals surface area contributed by atoms with Crippen molar-refractivity contribution in [2.24, 2.45) is 16.6 Å². The van der Waals surface area contributed by atoms with Gasteiger partial charge < -0.3 is 21.1 Å². The minimum absolute atomic E-state index is 0.0212. The summed E-state index contributed by atoms with van der Waals surface area (Å²) in [7, 11) is 3.45. The molecule has 1 aromatic rings. The van der Waals surface area contributed by atoms with Gasteiger partial charge in [-0.15, -0.1) is 0 Å². The van der Waals surface area contributed by atoms with Gasteiger partial charge in [0.2, 0.25) is 5.91 Å². The molecule has 150 valence electrons. The highest BCUT2D eigenvalue weighted by molar-refractivity contribution is 5.79. The summed E-state index contributed by atoms with van der Waals surface area (Å²) in [5.74, 6) is 0.552. The molecule has 1 fully saturated rings. The molecule has 0 saturated carbocycles. The third-order valence-corrected chi connectivity index (χ3v) is 4.79. The van der Waals surface area contributed by atoms with Gasteiger partial charge >= 0.3 is 0 Å². The topological polar surface area (TPSA) is 92.0 Å². The lowest BCUT2D eigenvalue weighted by molar-refractivity contribution is -0.123. The molecular formula is C20H33N5O2. The van der Waals surface area contributed by atoms with E-state index in [1.165, 1.54) is 11.1 Å². The Balaban J connectivity index is 1.88. The van der Waals surface area contributed by atoms with Crippen LogP contribution >= 0.6 is 0 Å². The maximum absolute atomic E-state index is 11.5. The van der Waals surface area contributed by atoms with Crippen LogP contribution in [-0.4, -0.2) is 56.7 Å². The molecule has 1 aromatic carbocycles. The fourth-order valence-electron chi connectivity index (χ4n) is 3.43. The number of nitrogens with one attached hydrogen (secondary N) is 2. The van der Waals surface area contributed by atoms with E-state index < -0.39 is 0 Å². The second-order valence-electron chi connectivity index (χ2n) is 7.22. The lowest BCUT2D eigenvalue weighted by Gasteiger charge is -2.31. The smallest absolute Gasteiger partial charge is 0.221 e. The molecule has 0 bridgehead atoms. The fraction of sp³-hybridized carbons (Fsp3) is 0.600. The highest BCUT2D eigenvalue weighted by atomic mass is 16.5. The number of ether oxygens (including phenoxy) is 1. The van der Waals surface area contributed by atoms with Crippen molar-refractivity contribution in [2.45, 2.75) is 38.9 Å². The number of amides is 1. The molecule has 0 radical (unpaired) electrons. The number of carbonyl (C=O) groups excluding carboxylic acids is 1. The number of methoxy groups -OCH3 is 1. The maximum Gasteiger partial charge on any atom is 0.221 e. The first kappa shape index (κ1) is 21.2. The first-order valence-corrected chi connectivity index (χ1v) is 9.57. The predicted octanol–water partition coefficient (Wildman–Crippen LogP) is 1.08. The number of rotatable bonds is 8. The summed E-state index contributed by atoms with van der Waals surface area (Å²) in [5, 5.41) is 6.63. The van der Waals surface area contributed by atoms with Crippen LogP contribution in [0, 0.1) is 5.92 Å². The molecule has 2 rings (SSSR count). The fourth-order valence-corrected chi connectivity index (χ4v) is 3.43. The summed E-state index contributed by atoms with van der Waals surface area (Å²) < 4.78 is 5.14. The van der Waals surface area contributed by atoms with Crippen LogP contribution in [0.15, 0.2) is 29.3 Å². The lowest BCUT2D eigenvalue weighted by Crippen LogP contribution is -2.43. The van der Waals surface area contributed by atoms with E-state index in [1.807, 2.05) is 0 Å². The van der Waals surface area contributed by atoms with Crippen molar-refractivity contribution in [3.05, 3.63) is 35.4 Å². The Morgan fingerprint density at radius 3 is 2.93 bits per heavy atom. The number of nitrogens with two attached hydrogens (primary N) is 1. The predicted molar refractivity (Wildman–Crippen MR) is 108 cm³/mol. The van der Waals surface area contributed by atoms with Crippen molar-refractivity contribution in [1.82, 2.24) is 15.5 Å². The van der Waals surface area contributed by atoms with Crippen molar-refractivity contribution >= 4 is 11.9 Å². The number of aliphatic imine (C=N–C) groups is 1. The minimum atomic E-state index is -0.181. The highest BCUT2D eigenvalue weighted by Crippen LogP contribution is 2.18. The van der Waals surface area contributed by atoms with Crippen LogP contribution in [-0.2, 0) is 22.6 Å². The summed E-state index contributed by atoms with van der Waals surface area (Å²) in [6, 6.07) is 8.69. The molecule has 27 heavy (non-hydrogen) atoms. The van der Waals surface area contributed by atoms with Gasteiger partial charge in [0, 0.05) is 39.8 Å². The SMILES string of the molecule is CN=C(NCc1cccc(CN2CCCC(C(N)=O)C2)c1)NC(C)COC. The number of benzene rings is 1. The van der Waals surface area contributed by atoms with Crippen LogP contribution in [0.25, 0.3) is 0 Å². The van der Waals surface area contributed by atoms with E-state index in [0.717, 1.165) is 38.4 Å². The van der Waals surface area contributed by atoms with Gasteiger partial charge in [-0.05, 0) is 37.4 Å². The number of guanidine groups is 1. The van der Waals surface area contributed by atoms with Gasteiger partial charge in [-0.25, -0.2) is 0 Å². The molecule has 0 aliphatic carbocycles. The van der Waals surface area contributed by atoms with Gasteiger partial charge in [0.25, 0.3) is 0 Å². The maximum atomic E-state index is 11.5. The van der Waals surface area contributed by atoms with Crippen LogP contribution in [0.3, 0.4) is 0 Å². The van der Waals surface area contributed by atoms with Crippen LogP contribution in [0.1, 0.15) is 30.9 Å². The van der Waals surface area contributed by atoms with Gasteiger partial charge in [0.05, 0.1) is 12.5 Å². The summed E-state index contributed by atoms with van der Waals surface area (Å²) in [6.45, 7) is 5.98. The van der Waals surface area contributed by atoms with E-state index in [1.54, 1.807) is 14.2 Å². The Kier molecular flexibility index (Phi) is 8.54. The number of carbonyl (C=O) groups is 1. The second kappa shape index (κ2) is 10.9. The summed E-state index contributed by atoms with van der Waals surface area (Å²) in [5.41, 5.74) is 7.92. The average molecular weight is 376 g/mol. The van der Waals surface area contributed by atoms with Crippen LogP contribution in [0.4, 0.5) is 0 Å². The Morgan fingerprint density at radius 1 is 1.44 bits per heavy atom. The molecule has 2 atom stereocenters. The normalized spacial score (nSPS) is 19.5. The first-order chi connectivity index (χ1) is 13.0. The second-order valence-corrected chi connectivity index (χ2v) is 7.22. The van der Waals surface area contributed by atoms with E-state index in [-0.39, 0.29) is 17.9 Å². The number of hydrogen-bond acceptors (Lipinski definition) is 4. The van der Waals surface area contributed by atoms with E-state index in [4.69, 9.17) is 10.5 Å². The number of nitrogens with zero attached hydrogens (tertiary/aromatic N) is 2. The van der Waals surface area contributed by atoms with Gasteiger partial charge in [-0.3, -0.25) is 14.7 Å². The van der Waals surface area contributed by atoms with Gasteiger partial charge in [0.15, 0.2) is 5.96 Å². The lowest BCUT2D eigenvalue weighted by atomic mass is 9.97. The van der Waals surface area contributed by atoms with Crippen molar-refractivity contribution in [2.75, 3.05) is 33.9 Å². The number of piperidine rings is 1. The molecule has 0 spiro atoms. The van der Waals surface area contributed by atoms with E-state index in [9.17, 15) is 4.79 Å². The van der Waals surface area contributed by atoms with E-state index >= 15 is 0 Å². The number of hydrogen-bond donors (Lipinski definition) is 3. The zero-order valence-corrected chi connectivity index (χ0v) is 16.7. The van der Waals surface area contributed by atoms with E-state index in [2.05, 4.69) is 51.7 Å². The molecule has 7 nitrogen and oxygen atoms in total. The van der Waals surface area contributed by atoms with Crippen molar-refractivity contribution in [3.63, 3.8) is 0 Å². The third kappa shape index (κ3) is 7.19. The molecule has 1 aliphatic rings.